The standard InChI is InChI=1S/C15H12Cl2FN3/c1-21-13-5-3-2-4-12(13)20-14(21)8-19-15-10(16)6-9(18)7-11(15)17/h2-7,19H,8H2,1H3. The van der Waals surface area contributed by atoms with Gasteiger partial charge >= 0.3 is 0 Å². The van der Waals surface area contributed by atoms with Crippen LogP contribution in [-0.2, 0) is 13.6 Å². The van der Waals surface area contributed by atoms with Crippen LogP contribution in [0, 0.1) is 5.82 Å². The second kappa shape index (κ2) is 5.54. The van der Waals surface area contributed by atoms with E-state index in [2.05, 4.69) is 10.3 Å². The molecule has 1 heterocycles. The van der Waals surface area contributed by atoms with Gasteiger partial charge in [0, 0.05) is 7.05 Å². The minimum absolute atomic E-state index is 0.249. The molecule has 0 radical (unpaired) electrons. The van der Waals surface area contributed by atoms with Crippen LogP contribution in [0.2, 0.25) is 10.0 Å². The third-order valence-electron chi connectivity index (χ3n) is 3.31. The van der Waals surface area contributed by atoms with Gasteiger partial charge in [-0.3, -0.25) is 0 Å². The van der Waals surface area contributed by atoms with E-state index in [1.807, 2.05) is 35.9 Å². The zero-order valence-corrected chi connectivity index (χ0v) is 12.7. The summed E-state index contributed by atoms with van der Waals surface area (Å²) in [5, 5.41) is 3.61. The predicted octanol–water partition coefficient (Wildman–Crippen LogP) is 4.63. The summed E-state index contributed by atoms with van der Waals surface area (Å²) < 4.78 is 15.2. The van der Waals surface area contributed by atoms with Gasteiger partial charge in [-0.15, -0.1) is 0 Å². The molecule has 0 bridgehead atoms. The third-order valence-corrected chi connectivity index (χ3v) is 3.91. The van der Waals surface area contributed by atoms with Crippen LogP contribution in [0.5, 0.6) is 0 Å². The molecule has 2 aromatic carbocycles. The van der Waals surface area contributed by atoms with Crippen LogP contribution < -0.4 is 5.32 Å². The van der Waals surface area contributed by atoms with E-state index in [1.165, 1.54) is 12.1 Å². The van der Waals surface area contributed by atoms with Crippen molar-refractivity contribution >= 4 is 39.9 Å². The molecule has 0 saturated carbocycles. The topological polar surface area (TPSA) is 29.9 Å². The van der Waals surface area contributed by atoms with E-state index in [0.29, 0.717) is 12.2 Å². The van der Waals surface area contributed by atoms with Crippen LogP contribution in [0.15, 0.2) is 36.4 Å². The number of nitrogens with one attached hydrogen (secondary N) is 1. The van der Waals surface area contributed by atoms with Crippen molar-refractivity contribution in [1.29, 1.82) is 0 Å². The molecule has 0 aliphatic carbocycles. The molecule has 1 N–H and O–H groups in total. The zero-order valence-electron chi connectivity index (χ0n) is 11.2. The Bertz CT molecular complexity index is 791. The van der Waals surface area contributed by atoms with E-state index in [-0.39, 0.29) is 10.0 Å². The number of para-hydroxylation sites is 2. The molecule has 21 heavy (non-hydrogen) atoms. The second-order valence-corrected chi connectivity index (χ2v) is 5.49. The highest BCUT2D eigenvalue weighted by molar-refractivity contribution is 6.39. The summed E-state index contributed by atoms with van der Waals surface area (Å²) in [7, 11) is 1.94. The molecule has 0 aliphatic rings. The van der Waals surface area contributed by atoms with Crippen molar-refractivity contribution in [2.45, 2.75) is 6.54 Å². The van der Waals surface area contributed by atoms with Gasteiger partial charge in [-0.1, -0.05) is 35.3 Å². The predicted molar refractivity (Wildman–Crippen MR) is 84.5 cm³/mol. The second-order valence-electron chi connectivity index (χ2n) is 4.67. The lowest BCUT2D eigenvalue weighted by atomic mass is 10.3. The average Bonchev–Trinajstić information content (AvgIpc) is 2.75. The van der Waals surface area contributed by atoms with E-state index < -0.39 is 5.82 Å². The Hall–Kier alpha value is -1.78. The molecular weight excluding hydrogens is 312 g/mol. The minimum Gasteiger partial charge on any atom is -0.375 e. The van der Waals surface area contributed by atoms with Gasteiger partial charge in [0.1, 0.15) is 11.6 Å². The van der Waals surface area contributed by atoms with Crippen molar-refractivity contribution in [3.8, 4) is 0 Å². The molecule has 6 heteroatoms. The molecule has 3 nitrogen and oxygen atoms in total. The Kier molecular flexibility index (Phi) is 3.74. The lowest BCUT2D eigenvalue weighted by Crippen LogP contribution is -2.06. The quantitative estimate of drug-likeness (QED) is 0.761. The van der Waals surface area contributed by atoms with Crippen LogP contribution in [0.25, 0.3) is 11.0 Å². The minimum atomic E-state index is -0.460. The first-order valence-corrected chi connectivity index (χ1v) is 7.10. The lowest BCUT2D eigenvalue weighted by molar-refractivity contribution is 0.628. The summed E-state index contributed by atoms with van der Waals surface area (Å²) >= 11 is 12.0. The molecule has 3 aromatic rings. The maximum Gasteiger partial charge on any atom is 0.128 e. The maximum atomic E-state index is 13.2. The van der Waals surface area contributed by atoms with Gasteiger partial charge in [0.05, 0.1) is 33.3 Å². The fraction of sp³-hybridized carbons (Fsp3) is 0.133. The first kappa shape index (κ1) is 14.2. The summed E-state index contributed by atoms with van der Waals surface area (Å²) in [5.74, 6) is 0.380. The molecule has 0 amide bonds. The van der Waals surface area contributed by atoms with E-state index >= 15 is 0 Å². The van der Waals surface area contributed by atoms with Crippen LogP contribution in [0.3, 0.4) is 0 Å². The summed E-state index contributed by atoms with van der Waals surface area (Å²) in [4.78, 5) is 4.54. The van der Waals surface area contributed by atoms with E-state index in [1.54, 1.807) is 0 Å². The Morgan fingerprint density at radius 3 is 2.52 bits per heavy atom. The molecular formula is C15H12Cl2FN3. The van der Waals surface area contributed by atoms with Gasteiger partial charge in [-0.2, -0.15) is 0 Å². The number of nitrogens with zero attached hydrogens (tertiary/aromatic N) is 2. The number of aryl methyl sites for hydroxylation is 1. The third kappa shape index (κ3) is 2.69. The van der Waals surface area contributed by atoms with Crippen LogP contribution in [-0.4, -0.2) is 9.55 Å². The van der Waals surface area contributed by atoms with Gasteiger partial charge in [-0.05, 0) is 24.3 Å². The Labute approximate surface area is 131 Å². The number of rotatable bonds is 3. The van der Waals surface area contributed by atoms with E-state index in [4.69, 9.17) is 23.2 Å². The maximum absolute atomic E-state index is 13.2. The van der Waals surface area contributed by atoms with Gasteiger partial charge in [0.15, 0.2) is 0 Å². The molecule has 0 atom stereocenters. The fourth-order valence-electron chi connectivity index (χ4n) is 2.23. The molecule has 108 valence electrons. The molecule has 0 spiro atoms. The number of hydrogen-bond acceptors (Lipinski definition) is 2. The first-order chi connectivity index (χ1) is 10.1. The molecule has 0 aliphatic heterocycles. The van der Waals surface area contributed by atoms with Crippen molar-refractivity contribution in [1.82, 2.24) is 9.55 Å². The average molecular weight is 324 g/mol. The largest absolute Gasteiger partial charge is 0.375 e. The van der Waals surface area contributed by atoms with Crippen LogP contribution in [0.1, 0.15) is 5.82 Å². The fourth-order valence-corrected chi connectivity index (χ4v) is 2.83. The lowest BCUT2D eigenvalue weighted by Gasteiger charge is -2.10. The number of benzene rings is 2. The van der Waals surface area contributed by atoms with Crippen LogP contribution >= 0.6 is 23.2 Å². The van der Waals surface area contributed by atoms with Crippen molar-refractivity contribution in [2.24, 2.45) is 7.05 Å². The number of anilines is 1. The van der Waals surface area contributed by atoms with Gasteiger partial charge in [-0.25, -0.2) is 9.37 Å². The normalized spacial score (nSPS) is 11.0. The van der Waals surface area contributed by atoms with Gasteiger partial charge in [0.2, 0.25) is 0 Å². The molecule has 3 rings (SSSR count). The van der Waals surface area contributed by atoms with E-state index in [0.717, 1.165) is 16.9 Å². The SMILES string of the molecule is Cn1c(CNc2c(Cl)cc(F)cc2Cl)nc2ccccc21. The first-order valence-electron chi connectivity index (χ1n) is 6.35. The molecule has 0 unspecified atom stereocenters. The van der Waals surface area contributed by atoms with Gasteiger partial charge < -0.3 is 9.88 Å². The van der Waals surface area contributed by atoms with Crippen molar-refractivity contribution in [3.63, 3.8) is 0 Å². The summed E-state index contributed by atoms with van der Waals surface area (Å²) in [6, 6.07) is 10.3. The molecule has 1 aromatic heterocycles. The van der Waals surface area contributed by atoms with Crippen LogP contribution in [0.4, 0.5) is 10.1 Å². The Morgan fingerprint density at radius 2 is 1.86 bits per heavy atom. The smallest absolute Gasteiger partial charge is 0.128 e. The highest BCUT2D eigenvalue weighted by Gasteiger charge is 2.11. The highest BCUT2D eigenvalue weighted by Crippen LogP contribution is 2.31. The Morgan fingerprint density at radius 1 is 1.19 bits per heavy atom. The monoisotopic (exact) mass is 323 g/mol. The van der Waals surface area contributed by atoms with Crippen molar-refractivity contribution in [2.75, 3.05) is 5.32 Å². The van der Waals surface area contributed by atoms with Crippen molar-refractivity contribution < 1.29 is 4.39 Å². The van der Waals surface area contributed by atoms with E-state index in [9.17, 15) is 4.39 Å². The van der Waals surface area contributed by atoms with Gasteiger partial charge in [0.25, 0.3) is 0 Å². The summed E-state index contributed by atoms with van der Waals surface area (Å²) in [6.07, 6.45) is 0. The number of halogens is 3. The summed E-state index contributed by atoms with van der Waals surface area (Å²) in [5.41, 5.74) is 2.48. The van der Waals surface area contributed by atoms with Crippen molar-refractivity contribution in [3.05, 3.63) is 58.1 Å². The number of imidazole rings is 1. The molecule has 0 saturated heterocycles. The Balaban J connectivity index is 1.89. The number of hydrogen-bond donors (Lipinski definition) is 1. The highest BCUT2D eigenvalue weighted by atomic mass is 35.5. The molecule has 0 fully saturated rings. The zero-order chi connectivity index (χ0) is 15.0. The summed E-state index contributed by atoms with van der Waals surface area (Å²) in [6.45, 7) is 0.441. The number of fused-ring (bicyclic) bond motifs is 1. The number of aromatic nitrogens is 2.